The van der Waals surface area contributed by atoms with Crippen molar-refractivity contribution in [1.82, 2.24) is 10.6 Å². The highest BCUT2D eigenvalue weighted by Crippen LogP contribution is 2.04. The molecule has 102 valence electrons. The molecule has 2 atom stereocenters. The van der Waals surface area contributed by atoms with Crippen LogP contribution in [0.4, 0.5) is 0 Å². The normalized spacial score (nSPS) is 13.1. The van der Waals surface area contributed by atoms with Gasteiger partial charge in [0.05, 0.1) is 0 Å². The maximum atomic E-state index is 11.4. The Balaban J connectivity index is 4.48. The third-order valence-electron chi connectivity index (χ3n) is 1.98. The number of carbonyl (C=O) groups excluding carboxylic acids is 3. The molecule has 0 fully saturated rings. The fourth-order valence-corrected chi connectivity index (χ4v) is 1.32. The van der Waals surface area contributed by atoms with Crippen LogP contribution < -0.4 is 10.6 Å². The number of carbonyl (C=O) groups is 3. The van der Waals surface area contributed by atoms with Crippen LogP contribution in [0.25, 0.3) is 0 Å². The average Bonchev–Trinajstić information content (AvgIpc) is 2.13. The van der Waals surface area contributed by atoms with E-state index in [1.807, 2.05) is 0 Å². The second kappa shape index (κ2) is 7.47. The summed E-state index contributed by atoms with van der Waals surface area (Å²) >= 11 is 0. The number of esters is 1. The van der Waals surface area contributed by atoms with E-state index in [1.165, 1.54) is 20.8 Å². The van der Waals surface area contributed by atoms with E-state index < -0.39 is 12.2 Å². The average molecular weight is 256 g/mol. The van der Waals surface area contributed by atoms with Crippen LogP contribution in [0.15, 0.2) is 12.2 Å². The maximum absolute atomic E-state index is 11.4. The minimum Gasteiger partial charge on any atom is -0.438 e. The van der Waals surface area contributed by atoms with Crippen LogP contribution in [0.5, 0.6) is 0 Å². The van der Waals surface area contributed by atoms with Crippen LogP contribution in [-0.2, 0) is 19.1 Å². The van der Waals surface area contributed by atoms with E-state index in [0.29, 0.717) is 0 Å². The van der Waals surface area contributed by atoms with Crippen molar-refractivity contribution in [3.63, 3.8) is 0 Å². The zero-order valence-corrected chi connectivity index (χ0v) is 11.2. The smallest absolute Gasteiger partial charge is 0.335 e. The van der Waals surface area contributed by atoms with Gasteiger partial charge in [0, 0.05) is 31.9 Å². The minimum atomic E-state index is -0.784. The second-order valence-corrected chi connectivity index (χ2v) is 4.21. The summed E-state index contributed by atoms with van der Waals surface area (Å²) < 4.78 is 5.05. The fourth-order valence-electron chi connectivity index (χ4n) is 1.32. The Bertz CT molecular complexity index is 352. The van der Waals surface area contributed by atoms with E-state index in [2.05, 4.69) is 17.2 Å². The van der Waals surface area contributed by atoms with E-state index >= 15 is 0 Å². The molecule has 0 aromatic heterocycles. The predicted octanol–water partition coefficient (Wildman–Crippen LogP) is 0.483. The van der Waals surface area contributed by atoms with Gasteiger partial charge in [0.1, 0.15) is 0 Å². The molecular weight excluding hydrogens is 236 g/mol. The first-order valence-electron chi connectivity index (χ1n) is 5.63. The Labute approximate surface area is 107 Å². The lowest BCUT2D eigenvalue weighted by Crippen LogP contribution is -2.43. The molecule has 0 bridgehead atoms. The Morgan fingerprint density at radius 3 is 2.00 bits per heavy atom. The highest BCUT2D eigenvalue weighted by atomic mass is 16.6. The molecule has 0 saturated heterocycles. The standard InChI is InChI=1S/C12H20N2O4/c1-7(2)12(17)18-11(14-10(5)16)6-8(3)13-9(4)15/h8,11H,1,6H2,2-5H3,(H,13,15)(H,14,16). The van der Waals surface area contributed by atoms with Crippen molar-refractivity contribution in [2.75, 3.05) is 0 Å². The van der Waals surface area contributed by atoms with Crippen LogP contribution in [0, 0.1) is 0 Å². The van der Waals surface area contributed by atoms with E-state index in [1.54, 1.807) is 6.92 Å². The van der Waals surface area contributed by atoms with Gasteiger partial charge < -0.3 is 15.4 Å². The quantitative estimate of drug-likeness (QED) is 0.411. The van der Waals surface area contributed by atoms with Crippen molar-refractivity contribution in [3.8, 4) is 0 Å². The van der Waals surface area contributed by atoms with Gasteiger partial charge in [-0.15, -0.1) is 0 Å². The van der Waals surface area contributed by atoms with Crippen LogP contribution in [0.3, 0.4) is 0 Å². The summed E-state index contributed by atoms with van der Waals surface area (Å²) in [6.07, 6.45) is -0.494. The molecule has 0 aliphatic carbocycles. The molecule has 2 N–H and O–H groups in total. The molecule has 0 rings (SSSR count). The molecule has 0 aromatic rings. The molecule has 0 radical (unpaired) electrons. The number of hydrogen-bond donors (Lipinski definition) is 2. The van der Waals surface area contributed by atoms with Gasteiger partial charge in [-0.3, -0.25) is 9.59 Å². The largest absolute Gasteiger partial charge is 0.438 e. The Hall–Kier alpha value is -1.85. The SMILES string of the molecule is C=C(C)C(=O)OC(CC(C)NC(C)=O)NC(C)=O. The van der Waals surface area contributed by atoms with Crippen molar-refractivity contribution in [1.29, 1.82) is 0 Å². The predicted molar refractivity (Wildman–Crippen MR) is 66.4 cm³/mol. The van der Waals surface area contributed by atoms with Crippen molar-refractivity contribution in [3.05, 3.63) is 12.2 Å². The topological polar surface area (TPSA) is 84.5 Å². The summed E-state index contributed by atoms with van der Waals surface area (Å²) in [6, 6.07) is -0.225. The molecule has 0 spiro atoms. The van der Waals surface area contributed by atoms with Crippen molar-refractivity contribution < 1.29 is 19.1 Å². The molecule has 0 aliphatic heterocycles. The van der Waals surface area contributed by atoms with Gasteiger partial charge in [0.2, 0.25) is 11.8 Å². The number of nitrogens with one attached hydrogen (secondary N) is 2. The molecule has 0 aromatic carbocycles. The summed E-state index contributed by atoms with van der Waals surface area (Å²) in [7, 11) is 0. The summed E-state index contributed by atoms with van der Waals surface area (Å²) in [4.78, 5) is 33.2. The minimum absolute atomic E-state index is 0.185. The first-order chi connectivity index (χ1) is 8.22. The number of rotatable bonds is 6. The van der Waals surface area contributed by atoms with Crippen molar-refractivity contribution in [2.45, 2.75) is 46.4 Å². The Kier molecular flexibility index (Phi) is 6.70. The summed E-state index contributed by atoms with van der Waals surface area (Å²) in [5.41, 5.74) is 0.248. The zero-order chi connectivity index (χ0) is 14.3. The van der Waals surface area contributed by atoms with Crippen LogP contribution in [-0.4, -0.2) is 30.1 Å². The van der Waals surface area contributed by atoms with Crippen molar-refractivity contribution >= 4 is 17.8 Å². The number of hydrogen-bond acceptors (Lipinski definition) is 4. The van der Waals surface area contributed by atoms with Gasteiger partial charge in [0.15, 0.2) is 6.23 Å². The summed E-state index contributed by atoms with van der Waals surface area (Å²) in [5, 5.41) is 5.14. The molecule has 18 heavy (non-hydrogen) atoms. The summed E-state index contributed by atoms with van der Waals surface area (Å²) in [6.45, 7) is 9.45. The fraction of sp³-hybridized carbons (Fsp3) is 0.583. The molecule has 0 aliphatic rings. The van der Waals surface area contributed by atoms with Crippen LogP contribution in [0.2, 0.25) is 0 Å². The van der Waals surface area contributed by atoms with Gasteiger partial charge in [0.25, 0.3) is 0 Å². The first-order valence-corrected chi connectivity index (χ1v) is 5.63. The summed E-state index contributed by atoms with van der Waals surface area (Å²) in [5.74, 6) is -1.08. The van der Waals surface area contributed by atoms with Crippen LogP contribution in [0.1, 0.15) is 34.1 Å². The zero-order valence-electron chi connectivity index (χ0n) is 11.2. The molecule has 6 heteroatoms. The van der Waals surface area contributed by atoms with Crippen molar-refractivity contribution in [2.24, 2.45) is 0 Å². The van der Waals surface area contributed by atoms with Gasteiger partial charge >= 0.3 is 5.97 Å². The molecular formula is C12H20N2O4. The van der Waals surface area contributed by atoms with E-state index in [0.717, 1.165) is 0 Å². The highest BCUT2D eigenvalue weighted by molar-refractivity contribution is 5.87. The lowest BCUT2D eigenvalue weighted by molar-refractivity contribution is -0.148. The Morgan fingerprint density at radius 1 is 1.11 bits per heavy atom. The van der Waals surface area contributed by atoms with Gasteiger partial charge in [-0.1, -0.05) is 6.58 Å². The molecule has 6 nitrogen and oxygen atoms in total. The third kappa shape index (κ3) is 7.43. The molecule has 0 heterocycles. The lowest BCUT2D eigenvalue weighted by atomic mass is 10.2. The number of amides is 2. The maximum Gasteiger partial charge on any atom is 0.335 e. The molecule has 2 amide bonds. The molecule has 2 unspecified atom stereocenters. The van der Waals surface area contributed by atoms with E-state index in [-0.39, 0.29) is 29.9 Å². The van der Waals surface area contributed by atoms with E-state index in [9.17, 15) is 14.4 Å². The van der Waals surface area contributed by atoms with E-state index in [4.69, 9.17) is 4.74 Å². The second-order valence-electron chi connectivity index (χ2n) is 4.21. The monoisotopic (exact) mass is 256 g/mol. The Morgan fingerprint density at radius 2 is 1.61 bits per heavy atom. The molecule has 0 saturated carbocycles. The van der Waals surface area contributed by atoms with Gasteiger partial charge in [-0.05, 0) is 13.8 Å². The number of ether oxygens (including phenoxy) is 1. The first kappa shape index (κ1) is 16.1. The van der Waals surface area contributed by atoms with Gasteiger partial charge in [-0.2, -0.15) is 0 Å². The van der Waals surface area contributed by atoms with Crippen LogP contribution >= 0.6 is 0 Å². The lowest BCUT2D eigenvalue weighted by Gasteiger charge is -2.22. The van der Waals surface area contributed by atoms with Gasteiger partial charge in [-0.25, -0.2) is 4.79 Å². The highest BCUT2D eigenvalue weighted by Gasteiger charge is 2.19. The third-order valence-corrected chi connectivity index (χ3v) is 1.98.